The summed E-state index contributed by atoms with van der Waals surface area (Å²) in [7, 11) is 0. The quantitative estimate of drug-likeness (QED) is 0.847. The van der Waals surface area contributed by atoms with Crippen molar-refractivity contribution in [1.82, 2.24) is 9.80 Å². The third-order valence-electron chi connectivity index (χ3n) is 4.89. The standard InChI is InChI=1S/C16H23ClN2OS/c1-16(6-2-3-7-16)15(20)19-10-8-18(9-11-19)12-13-4-5-14(17)21-13/h4-5H,2-3,6-12H2,1H3. The van der Waals surface area contributed by atoms with Gasteiger partial charge >= 0.3 is 0 Å². The van der Waals surface area contributed by atoms with E-state index in [4.69, 9.17) is 11.6 Å². The van der Waals surface area contributed by atoms with Crippen LogP contribution in [0.5, 0.6) is 0 Å². The van der Waals surface area contributed by atoms with Crippen LogP contribution in [0.3, 0.4) is 0 Å². The van der Waals surface area contributed by atoms with Gasteiger partial charge in [0, 0.05) is 43.0 Å². The third-order valence-corrected chi connectivity index (χ3v) is 6.11. The van der Waals surface area contributed by atoms with E-state index in [1.807, 2.05) is 6.07 Å². The first-order chi connectivity index (χ1) is 10.1. The molecule has 0 bridgehead atoms. The molecule has 0 N–H and O–H groups in total. The van der Waals surface area contributed by atoms with Crippen LogP contribution in [0, 0.1) is 5.41 Å². The molecule has 0 aromatic carbocycles. The lowest BCUT2D eigenvalue weighted by molar-refractivity contribution is -0.142. The van der Waals surface area contributed by atoms with Crippen LogP contribution in [0.2, 0.25) is 4.34 Å². The van der Waals surface area contributed by atoms with Gasteiger partial charge in [0.1, 0.15) is 0 Å². The third kappa shape index (κ3) is 3.43. The molecule has 1 saturated heterocycles. The van der Waals surface area contributed by atoms with Gasteiger partial charge in [-0.15, -0.1) is 11.3 Å². The van der Waals surface area contributed by atoms with Crippen molar-refractivity contribution >= 4 is 28.8 Å². The average Bonchev–Trinajstić information content (AvgIpc) is 3.09. The molecular weight excluding hydrogens is 304 g/mol. The SMILES string of the molecule is CC1(C(=O)N2CCN(Cc3ccc(Cl)s3)CC2)CCCC1. The molecule has 2 heterocycles. The molecule has 3 rings (SSSR count). The predicted molar refractivity (Wildman–Crippen MR) is 87.8 cm³/mol. The molecule has 1 aliphatic carbocycles. The monoisotopic (exact) mass is 326 g/mol. The first-order valence-corrected chi connectivity index (χ1v) is 9.02. The number of hydrogen-bond donors (Lipinski definition) is 0. The van der Waals surface area contributed by atoms with Crippen LogP contribution >= 0.6 is 22.9 Å². The van der Waals surface area contributed by atoms with Crippen molar-refractivity contribution in [2.24, 2.45) is 5.41 Å². The van der Waals surface area contributed by atoms with E-state index < -0.39 is 0 Å². The Bertz CT molecular complexity index is 502. The zero-order valence-electron chi connectivity index (χ0n) is 12.6. The fourth-order valence-electron chi connectivity index (χ4n) is 3.52. The highest BCUT2D eigenvalue weighted by Gasteiger charge is 2.39. The molecule has 1 saturated carbocycles. The van der Waals surface area contributed by atoms with E-state index in [2.05, 4.69) is 22.8 Å². The summed E-state index contributed by atoms with van der Waals surface area (Å²) in [5.41, 5.74) is -0.0799. The van der Waals surface area contributed by atoms with Crippen molar-refractivity contribution in [3.8, 4) is 0 Å². The molecular formula is C16H23ClN2OS. The Morgan fingerprint density at radius 3 is 2.48 bits per heavy atom. The summed E-state index contributed by atoms with van der Waals surface area (Å²) in [6, 6.07) is 4.06. The van der Waals surface area contributed by atoms with Gasteiger partial charge < -0.3 is 4.90 Å². The molecule has 21 heavy (non-hydrogen) atoms. The van der Waals surface area contributed by atoms with Crippen molar-refractivity contribution in [3.63, 3.8) is 0 Å². The number of carbonyl (C=O) groups excluding carboxylic acids is 1. The van der Waals surface area contributed by atoms with Crippen LogP contribution in [-0.4, -0.2) is 41.9 Å². The fourth-order valence-corrected chi connectivity index (χ4v) is 4.65. The highest BCUT2D eigenvalue weighted by atomic mass is 35.5. The Hall–Kier alpha value is -0.580. The highest BCUT2D eigenvalue weighted by molar-refractivity contribution is 7.16. The molecule has 2 aliphatic rings. The van der Waals surface area contributed by atoms with E-state index in [1.54, 1.807) is 11.3 Å². The topological polar surface area (TPSA) is 23.6 Å². The molecule has 0 spiro atoms. The Morgan fingerprint density at radius 2 is 1.90 bits per heavy atom. The van der Waals surface area contributed by atoms with Gasteiger partial charge in [0.25, 0.3) is 0 Å². The minimum atomic E-state index is -0.0799. The largest absolute Gasteiger partial charge is 0.340 e. The van der Waals surface area contributed by atoms with Crippen molar-refractivity contribution in [1.29, 1.82) is 0 Å². The number of thiophene rings is 1. The van der Waals surface area contributed by atoms with Crippen molar-refractivity contribution in [2.75, 3.05) is 26.2 Å². The second-order valence-electron chi connectivity index (χ2n) is 6.54. The molecule has 5 heteroatoms. The maximum atomic E-state index is 12.7. The van der Waals surface area contributed by atoms with Crippen LogP contribution in [0.1, 0.15) is 37.5 Å². The Morgan fingerprint density at radius 1 is 1.24 bits per heavy atom. The summed E-state index contributed by atoms with van der Waals surface area (Å²) in [4.78, 5) is 18.5. The first-order valence-electron chi connectivity index (χ1n) is 7.83. The molecule has 1 aliphatic heterocycles. The smallest absolute Gasteiger partial charge is 0.228 e. The summed E-state index contributed by atoms with van der Waals surface area (Å²) in [5.74, 6) is 0.388. The Balaban J connectivity index is 1.52. The van der Waals surface area contributed by atoms with E-state index >= 15 is 0 Å². The van der Waals surface area contributed by atoms with Gasteiger partial charge in [-0.25, -0.2) is 0 Å². The van der Waals surface area contributed by atoms with E-state index in [-0.39, 0.29) is 5.41 Å². The van der Waals surface area contributed by atoms with E-state index in [0.717, 1.165) is 49.9 Å². The predicted octanol–water partition coefficient (Wildman–Crippen LogP) is 3.63. The van der Waals surface area contributed by atoms with Crippen molar-refractivity contribution < 1.29 is 4.79 Å². The van der Waals surface area contributed by atoms with E-state index in [0.29, 0.717) is 5.91 Å². The van der Waals surface area contributed by atoms with Gasteiger partial charge in [0.2, 0.25) is 5.91 Å². The molecule has 116 valence electrons. The maximum absolute atomic E-state index is 12.7. The lowest BCUT2D eigenvalue weighted by Gasteiger charge is -2.38. The van der Waals surface area contributed by atoms with E-state index in [9.17, 15) is 4.79 Å². The molecule has 0 radical (unpaired) electrons. The molecule has 0 atom stereocenters. The van der Waals surface area contributed by atoms with Crippen LogP contribution in [0.4, 0.5) is 0 Å². The molecule has 0 unspecified atom stereocenters. The van der Waals surface area contributed by atoms with Gasteiger partial charge in [-0.3, -0.25) is 9.69 Å². The van der Waals surface area contributed by atoms with Gasteiger partial charge in [-0.1, -0.05) is 31.4 Å². The Kier molecular flexibility index (Phi) is 4.57. The van der Waals surface area contributed by atoms with Crippen molar-refractivity contribution in [3.05, 3.63) is 21.3 Å². The van der Waals surface area contributed by atoms with Gasteiger partial charge in [0.05, 0.1) is 4.34 Å². The van der Waals surface area contributed by atoms with Crippen LogP contribution < -0.4 is 0 Å². The lowest BCUT2D eigenvalue weighted by atomic mass is 9.87. The van der Waals surface area contributed by atoms with Gasteiger partial charge in [0.15, 0.2) is 0 Å². The minimum Gasteiger partial charge on any atom is -0.340 e. The summed E-state index contributed by atoms with van der Waals surface area (Å²) in [6.45, 7) is 6.79. The zero-order valence-corrected chi connectivity index (χ0v) is 14.2. The second kappa shape index (κ2) is 6.27. The number of rotatable bonds is 3. The maximum Gasteiger partial charge on any atom is 0.228 e. The Labute approximate surface area is 135 Å². The molecule has 3 nitrogen and oxygen atoms in total. The molecule has 2 fully saturated rings. The second-order valence-corrected chi connectivity index (χ2v) is 8.34. The molecule has 1 aromatic rings. The van der Waals surface area contributed by atoms with Crippen LogP contribution in [0.15, 0.2) is 12.1 Å². The zero-order chi connectivity index (χ0) is 14.9. The number of carbonyl (C=O) groups is 1. The number of nitrogens with zero attached hydrogens (tertiary/aromatic N) is 2. The van der Waals surface area contributed by atoms with Crippen molar-refractivity contribution in [2.45, 2.75) is 39.2 Å². The number of halogens is 1. The normalized spacial score (nSPS) is 22.7. The van der Waals surface area contributed by atoms with E-state index in [1.165, 1.54) is 17.7 Å². The van der Waals surface area contributed by atoms with Gasteiger partial charge in [-0.05, 0) is 25.0 Å². The number of hydrogen-bond acceptors (Lipinski definition) is 3. The summed E-state index contributed by atoms with van der Waals surface area (Å²) in [6.07, 6.45) is 4.56. The first kappa shape index (κ1) is 15.3. The number of amides is 1. The molecule has 1 aromatic heterocycles. The summed E-state index contributed by atoms with van der Waals surface area (Å²) in [5, 5.41) is 0. The van der Waals surface area contributed by atoms with Crippen LogP contribution in [-0.2, 0) is 11.3 Å². The minimum absolute atomic E-state index is 0.0799. The van der Waals surface area contributed by atoms with Crippen LogP contribution in [0.25, 0.3) is 0 Å². The molecule has 1 amide bonds. The number of piperazine rings is 1. The summed E-state index contributed by atoms with van der Waals surface area (Å²) >= 11 is 7.63. The fraction of sp³-hybridized carbons (Fsp3) is 0.688. The van der Waals surface area contributed by atoms with Gasteiger partial charge in [-0.2, -0.15) is 0 Å². The average molecular weight is 327 g/mol. The lowest BCUT2D eigenvalue weighted by Crippen LogP contribution is -2.51. The summed E-state index contributed by atoms with van der Waals surface area (Å²) < 4.78 is 0.855. The highest BCUT2D eigenvalue weighted by Crippen LogP contribution is 2.39.